The molecule has 0 radical (unpaired) electrons. The summed E-state index contributed by atoms with van der Waals surface area (Å²) < 4.78 is 20.2. The fourth-order valence-corrected chi connectivity index (χ4v) is 2.91. The summed E-state index contributed by atoms with van der Waals surface area (Å²) in [4.78, 5) is 1.08. The zero-order valence-corrected chi connectivity index (χ0v) is 12.2. The maximum Gasteiger partial charge on any atom is 0.131 e. The van der Waals surface area contributed by atoms with Gasteiger partial charge in [0, 0.05) is 32.4 Å². The lowest BCUT2D eigenvalue weighted by Gasteiger charge is -2.09. The van der Waals surface area contributed by atoms with Crippen LogP contribution in [0.4, 0.5) is 4.39 Å². The van der Waals surface area contributed by atoms with Crippen molar-refractivity contribution in [1.29, 1.82) is 0 Å². The highest BCUT2D eigenvalue weighted by molar-refractivity contribution is 9.10. The van der Waals surface area contributed by atoms with Gasteiger partial charge in [0.05, 0.1) is 0 Å². The zero-order chi connectivity index (χ0) is 13.1. The highest BCUT2D eigenvalue weighted by atomic mass is 79.9. The van der Waals surface area contributed by atoms with Gasteiger partial charge in [-0.15, -0.1) is 11.3 Å². The summed E-state index contributed by atoms with van der Waals surface area (Å²) in [6, 6.07) is 6.45. The fourth-order valence-electron chi connectivity index (χ4n) is 1.55. The van der Waals surface area contributed by atoms with Gasteiger partial charge in [0.15, 0.2) is 0 Å². The lowest BCUT2D eigenvalue weighted by atomic mass is 10.1. The molecular weight excluding hydrogens is 317 g/mol. The predicted molar refractivity (Wildman–Crippen MR) is 75.4 cm³/mol. The molecule has 1 aromatic carbocycles. The molecule has 2 N–H and O–H groups in total. The van der Waals surface area contributed by atoms with Crippen LogP contribution in [0, 0.1) is 5.82 Å². The molecule has 96 valence electrons. The van der Waals surface area contributed by atoms with Crippen molar-refractivity contribution in [2.45, 2.75) is 19.6 Å². The van der Waals surface area contributed by atoms with Gasteiger partial charge in [-0.05, 0) is 35.0 Å². The molecule has 2 nitrogen and oxygen atoms in total. The normalized spacial score (nSPS) is 12.4. The Balaban J connectivity index is 2.04. The van der Waals surface area contributed by atoms with Crippen LogP contribution in [-0.4, -0.2) is 0 Å². The molecule has 0 aliphatic carbocycles. The maximum absolute atomic E-state index is 13.7. The Hall–Kier alpha value is -0.910. The maximum atomic E-state index is 13.7. The molecule has 0 amide bonds. The fraction of sp³-hybridized carbons (Fsp3) is 0.231. The molecule has 0 spiro atoms. The van der Waals surface area contributed by atoms with Crippen LogP contribution in [0.15, 0.2) is 34.1 Å². The number of rotatable bonds is 4. The first-order chi connectivity index (χ1) is 8.56. The summed E-state index contributed by atoms with van der Waals surface area (Å²) in [6.07, 6.45) is 0. The van der Waals surface area contributed by atoms with Crippen LogP contribution in [0.25, 0.3) is 0 Å². The molecule has 0 saturated carbocycles. The molecular formula is C13H13BrFNOS. The third kappa shape index (κ3) is 3.31. The summed E-state index contributed by atoms with van der Waals surface area (Å²) in [6.45, 7) is 2.19. The van der Waals surface area contributed by atoms with Crippen LogP contribution in [-0.2, 0) is 6.61 Å². The Morgan fingerprint density at radius 3 is 2.78 bits per heavy atom. The van der Waals surface area contributed by atoms with Gasteiger partial charge in [0.2, 0.25) is 0 Å². The third-order valence-corrected chi connectivity index (χ3v) is 4.14. The predicted octanol–water partition coefficient (Wildman–Crippen LogP) is 4.25. The van der Waals surface area contributed by atoms with E-state index in [0.717, 1.165) is 9.35 Å². The van der Waals surface area contributed by atoms with Gasteiger partial charge in [0.1, 0.15) is 18.2 Å². The van der Waals surface area contributed by atoms with Crippen LogP contribution < -0.4 is 10.5 Å². The molecule has 0 aliphatic heterocycles. The van der Waals surface area contributed by atoms with Crippen LogP contribution >= 0.6 is 27.3 Å². The van der Waals surface area contributed by atoms with Crippen molar-refractivity contribution >= 4 is 27.3 Å². The van der Waals surface area contributed by atoms with E-state index in [9.17, 15) is 4.39 Å². The van der Waals surface area contributed by atoms with Crippen molar-refractivity contribution in [1.82, 2.24) is 0 Å². The molecule has 2 rings (SSSR count). The molecule has 2 aromatic rings. The minimum atomic E-state index is -0.324. The molecule has 0 bridgehead atoms. The van der Waals surface area contributed by atoms with Gasteiger partial charge >= 0.3 is 0 Å². The van der Waals surface area contributed by atoms with E-state index in [4.69, 9.17) is 10.5 Å². The number of thiophene rings is 1. The second-order valence-corrected chi connectivity index (χ2v) is 5.90. The van der Waals surface area contributed by atoms with E-state index in [1.54, 1.807) is 30.4 Å². The quantitative estimate of drug-likeness (QED) is 0.910. The summed E-state index contributed by atoms with van der Waals surface area (Å²) in [5.41, 5.74) is 6.15. The lowest BCUT2D eigenvalue weighted by Crippen LogP contribution is -2.07. The van der Waals surface area contributed by atoms with E-state index in [-0.39, 0.29) is 11.9 Å². The second kappa shape index (κ2) is 5.82. The van der Waals surface area contributed by atoms with E-state index >= 15 is 0 Å². The van der Waals surface area contributed by atoms with Gasteiger partial charge in [-0.3, -0.25) is 0 Å². The summed E-state index contributed by atoms with van der Waals surface area (Å²) >= 11 is 4.97. The van der Waals surface area contributed by atoms with Crippen molar-refractivity contribution in [3.05, 3.63) is 50.4 Å². The zero-order valence-electron chi connectivity index (χ0n) is 9.82. The first-order valence-electron chi connectivity index (χ1n) is 5.47. The van der Waals surface area contributed by atoms with Gasteiger partial charge < -0.3 is 10.5 Å². The van der Waals surface area contributed by atoms with E-state index in [0.29, 0.717) is 17.9 Å². The number of halogens is 2. The molecule has 1 aromatic heterocycles. The minimum absolute atomic E-state index is 0.313. The first-order valence-corrected chi connectivity index (χ1v) is 7.14. The van der Waals surface area contributed by atoms with Gasteiger partial charge in [-0.25, -0.2) is 4.39 Å². The van der Waals surface area contributed by atoms with Crippen LogP contribution in [0.5, 0.6) is 5.75 Å². The Morgan fingerprint density at radius 1 is 1.44 bits per heavy atom. The van der Waals surface area contributed by atoms with E-state index in [1.807, 2.05) is 11.4 Å². The van der Waals surface area contributed by atoms with Crippen molar-refractivity contribution in [2.75, 3.05) is 0 Å². The molecule has 0 saturated heterocycles. The Kier molecular flexibility index (Phi) is 4.37. The van der Waals surface area contributed by atoms with E-state index in [2.05, 4.69) is 15.9 Å². The van der Waals surface area contributed by atoms with Gasteiger partial charge in [-0.2, -0.15) is 0 Å². The highest BCUT2D eigenvalue weighted by Gasteiger charge is 2.08. The van der Waals surface area contributed by atoms with Crippen molar-refractivity contribution in [3.8, 4) is 5.75 Å². The largest absolute Gasteiger partial charge is 0.488 e. The average Bonchev–Trinajstić information content (AvgIpc) is 2.72. The standard InChI is InChI=1S/C13H13BrFNOS/c1-8(16)12-3-2-10(5-13(12)15)17-6-11-4-9(14)7-18-11/h2-5,7-8H,6,16H2,1H3/t8-/m1/s1. The molecule has 18 heavy (non-hydrogen) atoms. The average molecular weight is 330 g/mol. The first kappa shape index (κ1) is 13.5. The van der Waals surface area contributed by atoms with Crippen molar-refractivity contribution < 1.29 is 9.13 Å². The lowest BCUT2D eigenvalue weighted by molar-refractivity contribution is 0.308. The van der Waals surface area contributed by atoms with Gasteiger partial charge in [-0.1, -0.05) is 6.07 Å². The number of nitrogens with two attached hydrogens (primary N) is 1. The summed E-state index contributed by atoms with van der Waals surface area (Å²) in [5, 5.41) is 1.98. The Bertz CT molecular complexity index is 542. The number of hydrogen-bond donors (Lipinski definition) is 1. The molecule has 5 heteroatoms. The smallest absolute Gasteiger partial charge is 0.131 e. The topological polar surface area (TPSA) is 35.2 Å². The van der Waals surface area contributed by atoms with E-state index in [1.165, 1.54) is 6.07 Å². The van der Waals surface area contributed by atoms with Crippen molar-refractivity contribution in [3.63, 3.8) is 0 Å². The van der Waals surface area contributed by atoms with Crippen molar-refractivity contribution in [2.24, 2.45) is 5.73 Å². The molecule has 0 unspecified atom stereocenters. The van der Waals surface area contributed by atoms with E-state index < -0.39 is 0 Å². The second-order valence-electron chi connectivity index (χ2n) is 3.99. The molecule has 0 fully saturated rings. The summed E-state index contributed by atoms with van der Waals surface area (Å²) in [7, 11) is 0. The molecule has 1 heterocycles. The Morgan fingerprint density at radius 2 is 2.22 bits per heavy atom. The summed E-state index contributed by atoms with van der Waals surface area (Å²) in [5.74, 6) is 0.191. The van der Waals surface area contributed by atoms with Crippen LogP contribution in [0.1, 0.15) is 23.4 Å². The number of ether oxygens (including phenoxy) is 1. The number of hydrogen-bond acceptors (Lipinski definition) is 3. The molecule has 0 aliphatic rings. The SMILES string of the molecule is C[C@@H](N)c1ccc(OCc2cc(Br)cs2)cc1F. The monoisotopic (exact) mass is 329 g/mol. The third-order valence-electron chi connectivity index (χ3n) is 2.47. The molecule has 1 atom stereocenters. The van der Waals surface area contributed by atoms with Crippen LogP contribution in [0.3, 0.4) is 0 Å². The number of benzene rings is 1. The Labute approximate surface area is 118 Å². The minimum Gasteiger partial charge on any atom is -0.488 e. The highest BCUT2D eigenvalue weighted by Crippen LogP contribution is 2.24. The van der Waals surface area contributed by atoms with Gasteiger partial charge in [0.25, 0.3) is 0 Å². The van der Waals surface area contributed by atoms with Crippen LogP contribution in [0.2, 0.25) is 0 Å².